The van der Waals surface area contributed by atoms with Gasteiger partial charge in [0.25, 0.3) is 0 Å². The van der Waals surface area contributed by atoms with E-state index < -0.39 is 11.9 Å². The topological polar surface area (TPSA) is 83.8 Å². The van der Waals surface area contributed by atoms with Gasteiger partial charge in [-0.05, 0) is 43.5 Å². The summed E-state index contributed by atoms with van der Waals surface area (Å²) >= 11 is 0. The first-order valence-corrected chi connectivity index (χ1v) is 4.59. The number of esters is 1. The molecule has 0 atom stereocenters. The highest BCUT2D eigenvalue weighted by atomic mass is 16.6. The molecule has 0 aliphatic heterocycles. The van der Waals surface area contributed by atoms with Crippen LogP contribution in [0, 0.1) is 20.8 Å². The highest BCUT2D eigenvalue weighted by molar-refractivity contribution is 6.29. The van der Waals surface area contributed by atoms with Gasteiger partial charge in [-0.3, -0.25) is 0 Å². The van der Waals surface area contributed by atoms with Gasteiger partial charge in [0.1, 0.15) is 11.5 Å². The summed E-state index contributed by atoms with van der Waals surface area (Å²) in [6.45, 7) is 4.94. The number of hydrogen-bond acceptors (Lipinski definition) is 4. The number of phenols is 1. The molecule has 0 saturated heterocycles. The van der Waals surface area contributed by atoms with Gasteiger partial charge in [0.05, 0.1) is 0 Å². The van der Waals surface area contributed by atoms with Gasteiger partial charge < -0.3 is 14.9 Å². The average molecular weight is 224 g/mol. The Hall–Kier alpha value is -2.04. The summed E-state index contributed by atoms with van der Waals surface area (Å²) in [6.07, 6.45) is 0. The molecule has 1 aromatic rings. The van der Waals surface area contributed by atoms with E-state index in [1.165, 1.54) is 6.07 Å². The van der Waals surface area contributed by atoms with E-state index >= 15 is 0 Å². The minimum atomic E-state index is -1.65. The predicted octanol–water partition coefficient (Wildman–Crippen LogP) is 1.31. The monoisotopic (exact) mass is 224 g/mol. The van der Waals surface area contributed by atoms with Gasteiger partial charge in [-0.2, -0.15) is 0 Å². The third kappa shape index (κ3) is 2.13. The summed E-state index contributed by atoms with van der Waals surface area (Å²) in [4.78, 5) is 21.2. The first-order valence-electron chi connectivity index (χ1n) is 4.59. The van der Waals surface area contributed by atoms with Crippen LogP contribution in [0.15, 0.2) is 6.07 Å². The van der Waals surface area contributed by atoms with E-state index in [2.05, 4.69) is 4.74 Å². The average Bonchev–Trinajstić information content (AvgIpc) is 2.22. The van der Waals surface area contributed by atoms with Crippen LogP contribution in [-0.4, -0.2) is 22.2 Å². The Kier molecular flexibility index (Phi) is 3.17. The third-order valence-electron chi connectivity index (χ3n) is 2.39. The molecule has 0 heterocycles. The van der Waals surface area contributed by atoms with Gasteiger partial charge in [0.2, 0.25) is 0 Å². The number of carbonyl (C=O) groups excluding carboxylic acids is 1. The second-order valence-corrected chi connectivity index (χ2v) is 3.48. The van der Waals surface area contributed by atoms with E-state index in [4.69, 9.17) is 5.11 Å². The second kappa shape index (κ2) is 4.22. The summed E-state index contributed by atoms with van der Waals surface area (Å²) in [6, 6.07) is 1.43. The van der Waals surface area contributed by atoms with Gasteiger partial charge in [-0.1, -0.05) is 0 Å². The Morgan fingerprint density at radius 1 is 1.19 bits per heavy atom. The van der Waals surface area contributed by atoms with Crippen LogP contribution >= 0.6 is 0 Å². The first-order chi connectivity index (χ1) is 7.34. The molecule has 0 spiro atoms. The standard InChI is InChI=1S/C11H12O5/c1-5-4-8(16-11(15)10(13)14)6(2)7(3)9(5)12/h4,12H,1-3H3,(H,13,14). The number of carbonyl (C=O) groups is 2. The molecule has 0 unspecified atom stereocenters. The molecular weight excluding hydrogens is 212 g/mol. The molecule has 0 radical (unpaired) electrons. The number of rotatable bonds is 1. The quantitative estimate of drug-likeness (QED) is 0.427. The lowest BCUT2D eigenvalue weighted by Crippen LogP contribution is -2.19. The molecule has 5 nitrogen and oxygen atoms in total. The Balaban J connectivity index is 3.16. The lowest BCUT2D eigenvalue weighted by molar-refractivity contribution is -0.158. The number of aromatic hydroxyl groups is 1. The van der Waals surface area contributed by atoms with Crippen LogP contribution in [0.25, 0.3) is 0 Å². The minimum Gasteiger partial charge on any atom is -0.507 e. The summed E-state index contributed by atoms with van der Waals surface area (Å²) in [7, 11) is 0. The zero-order chi connectivity index (χ0) is 12.5. The molecule has 2 N–H and O–H groups in total. The molecule has 0 aliphatic rings. The van der Waals surface area contributed by atoms with Crippen molar-refractivity contribution in [3.63, 3.8) is 0 Å². The number of aryl methyl sites for hydroxylation is 1. The predicted molar refractivity (Wildman–Crippen MR) is 55.6 cm³/mol. The van der Waals surface area contributed by atoms with E-state index in [0.29, 0.717) is 16.7 Å². The minimum absolute atomic E-state index is 0.118. The number of phenolic OH excluding ortho intramolecular Hbond substituents is 1. The van der Waals surface area contributed by atoms with Gasteiger partial charge >= 0.3 is 11.9 Å². The largest absolute Gasteiger partial charge is 0.507 e. The molecule has 0 amide bonds. The first kappa shape index (κ1) is 12.0. The summed E-state index contributed by atoms with van der Waals surface area (Å²) in [5.41, 5.74) is 1.63. The molecule has 1 aromatic carbocycles. The van der Waals surface area contributed by atoms with Crippen molar-refractivity contribution in [1.82, 2.24) is 0 Å². The van der Waals surface area contributed by atoms with E-state index in [-0.39, 0.29) is 11.5 Å². The molecule has 0 aliphatic carbocycles. The van der Waals surface area contributed by atoms with E-state index in [9.17, 15) is 14.7 Å². The molecule has 0 bridgehead atoms. The fourth-order valence-electron chi connectivity index (χ4n) is 1.28. The molecule has 0 aromatic heterocycles. The maximum absolute atomic E-state index is 10.9. The molecular formula is C11H12O5. The molecule has 0 saturated carbocycles. The Labute approximate surface area is 92.3 Å². The van der Waals surface area contributed by atoms with Crippen LogP contribution in [0.1, 0.15) is 16.7 Å². The normalized spacial score (nSPS) is 9.94. The van der Waals surface area contributed by atoms with Crippen LogP contribution in [-0.2, 0) is 9.59 Å². The third-order valence-corrected chi connectivity index (χ3v) is 2.39. The van der Waals surface area contributed by atoms with Crippen molar-refractivity contribution >= 4 is 11.9 Å². The highest BCUT2D eigenvalue weighted by Crippen LogP contribution is 2.31. The number of carboxylic acids is 1. The maximum Gasteiger partial charge on any atom is 0.422 e. The maximum atomic E-state index is 10.9. The molecule has 16 heavy (non-hydrogen) atoms. The fraction of sp³-hybridized carbons (Fsp3) is 0.273. The lowest BCUT2D eigenvalue weighted by Gasteiger charge is -2.11. The van der Waals surface area contributed by atoms with Crippen molar-refractivity contribution in [2.75, 3.05) is 0 Å². The summed E-state index contributed by atoms with van der Waals surface area (Å²) in [5.74, 6) is -2.72. The van der Waals surface area contributed by atoms with E-state index in [1.54, 1.807) is 20.8 Å². The van der Waals surface area contributed by atoms with Crippen LogP contribution in [0.4, 0.5) is 0 Å². The van der Waals surface area contributed by atoms with Crippen molar-refractivity contribution in [3.05, 3.63) is 22.8 Å². The number of ether oxygens (including phenoxy) is 1. The highest BCUT2D eigenvalue weighted by Gasteiger charge is 2.18. The van der Waals surface area contributed by atoms with Gasteiger partial charge in [0.15, 0.2) is 0 Å². The van der Waals surface area contributed by atoms with E-state index in [0.717, 1.165) is 0 Å². The van der Waals surface area contributed by atoms with Crippen molar-refractivity contribution in [2.45, 2.75) is 20.8 Å². The summed E-state index contributed by atoms with van der Waals surface area (Å²) in [5, 5.41) is 18.0. The molecule has 0 fully saturated rings. The Morgan fingerprint density at radius 3 is 2.25 bits per heavy atom. The SMILES string of the molecule is Cc1cc(OC(=O)C(=O)O)c(C)c(C)c1O. The number of hydrogen-bond donors (Lipinski definition) is 2. The van der Waals surface area contributed by atoms with Crippen molar-refractivity contribution in [2.24, 2.45) is 0 Å². The molecule has 1 rings (SSSR count). The van der Waals surface area contributed by atoms with Gasteiger partial charge in [0, 0.05) is 0 Å². The zero-order valence-corrected chi connectivity index (χ0v) is 9.20. The van der Waals surface area contributed by atoms with Crippen LogP contribution in [0.2, 0.25) is 0 Å². The second-order valence-electron chi connectivity index (χ2n) is 3.48. The number of carboxylic acid groups (broad SMARTS) is 1. The molecule has 5 heteroatoms. The van der Waals surface area contributed by atoms with Gasteiger partial charge in [-0.25, -0.2) is 9.59 Å². The lowest BCUT2D eigenvalue weighted by atomic mass is 10.0. The summed E-state index contributed by atoms with van der Waals surface area (Å²) < 4.78 is 4.67. The van der Waals surface area contributed by atoms with Crippen molar-refractivity contribution in [1.29, 1.82) is 0 Å². The number of benzene rings is 1. The zero-order valence-electron chi connectivity index (χ0n) is 9.20. The Bertz CT molecular complexity index is 462. The van der Waals surface area contributed by atoms with E-state index in [1.807, 2.05) is 0 Å². The van der Waals surface area contributed by atoms with Gasteiger partial charge in [-0.15, -0.1) is 0 Å². The van der Waals surface area contributed by atoms with Crippen LogP contribution in [0.5, 0.6) is 11.5 Å². The van der Waals surface area contributed by atoms with Crippen LogP contribution < -0.4 is 4.74 Å². The number of aliphatic carboxylic acids is 1. The molecule has 86 valence electrons. The van der Waals surface area contributed by atoms with Crippen molar-refractivity contribution < 1.29 is 24.5 Å². The smallest absolute Gasteiger partial charge is 0.422 e. The van der Waals surface area contributed by atoms with Crippen LogP contribution in [0.3, 0.4) is 0 Å². The van der Waals surface area contributed by atoms with Crippen molar-refractivity contribution in [3.8, 4) is 11.5 Å². The fourth-order valence-corrected chi connectivity index (χ4v) is 1.28. The Morgan fingerprint density at radius 2 is 1.75 bits per heavy atom.